The molecular formula is C18H21BrClN. The standard InChI is InChI=1S/C18H21BrClN/c1-2-21-13-15(10-14-6-5-8-17(20)12-14)11-16-7-3-4-9-18(16)19/h3-9,12,15,21H,2,10-11,13H2,1H3. The lowest BCUT2D eigenvalue weighted by atomic mass is 9.92. The van der Waals surface area contributed by atoms with Crippen molar-refractivity contribution >= 4 is 27.5 Å². The second-order valence-corrected chi connectivity index (χ2v) is 6.59. The molecule has 0 heterocycles. The van der Waals surface area contributed by atoms with Gasteiger partial charge in [-0.05, 0) is 61.2 Å². The smallest absolute Gasteiger partial charge is 0.0408 e. The number of hydrogen-bond donors (Lipinski definition) is 1. The molecule has 0 saturated heterocycles. The molecule has 2 aromatic rings. The summed E-state index contributed by atoms with van der Waals surface area (Å²) >= 11 is 9.74. The van der Waals surface area contributed by atoms with E-state index < -0.39 is 0 Å². The number of halogens is 2. The average Bonchev–Trinajstić information content (AvgIpc) is 2.47. The van der Waals surface area contributed by atoms with E-state index in [-0.39, 0.29) is 0 Å². The van der Waals surface area contributed by atoms with Gasteiger partial charge in [0.1, 0.15) is 0 Å². The van der Waals surface area contributed by atoms with E-state index in [1.54, 1.807) is 0 Å². The Hall–Kier alpha value is -0.830. The number of benzene rings is 2. The molecule has 0 spiro atoms. The van der Waals surface area contributed by atoms with Crippen molar-refractivity contribution in [2.24, 2.45) is 5.92 Å². The van der Waals surface area contributed by atoms with E-state index in [1.165, 1.54) is 15.6 Å². The first-order valence-corrected chi connectivity index (χ1v) is 8.54. The highest BCUT2D eigenvalue weighted by Crippen LogP contribution is 2.22. The fraction of sp³-hybridized carbons (Fsp3) is 0.333. The molecule has 1 N–H and O–H groups in total. The van der Waals surface area contributed by atoms with Gasteiger partial charge >= 0.3 is 0 Å². The second-order valence-electron chi connectivity index (χ2n) is 5.30. The van der Waals surface area contributed by atoms with Gasteiger partial charge in [-0.2, -0.15) is 0 Å². The highest BCUT2D eigenvalue weighted by molar-refractivity contribution is 9.10. The summed E-state index contributed by atoms with van der Waals surface area (Å²) in [5.41, 5.74) is 2.67. The van der Waals surface area contributed by atoms with Crippen LogP contribution in [0, 0.1) is 5.92 Å². The van der Waals surface area contributed by atoms with Crippen LogP contribution in [0.1, 0.15) is 18.1 Å². The van der Waals surface area contributed by atoms with Crippen LogP contribution in [-0.4, -0.2) is 13.1 Å². The van der Waals surface area contributed by atoms with Crippen LogP contribution in [0.25, 0.3) is 0 Å². The van der Waals surface area contributed by atoms with Gasteiger partial charge in [0.15, 0.2) is 0 Å². The lowest BCUT2D eigenvalue weighted by Gasteiger charge is -2.18. The van der Waals surface area contributed by atoms with Gasteiger partial charge in [0.05, 0.1) is 0 Å². The number of nitrogens with one attached hydrogen (secondary N) is 1. The Kier molecular flexibility index (Phi) is 6.75. The summed E-state index contributed by atoms with van der Waals surface area (Å²) in [5.74, 6) is 0.558. The van der Waals surface area contributed by atoms with Gasteiger partial charge in [-0.1, -0.05) is 64.8 Å². The monoisotopic (exact) mass is 365 g/mol. The van der Waals surface area contributed by atoms with E-state index in [1.807, 2.05) is 12.1 Å². The lowest BCUT2D eigenvalue weighted by molar-refractivity contribution is 0.477. The molecule has 0 amide bonds. The summed E-state index contributed by atoms with van der Waals surface area (Å²) in [7, 11) is 0. The molecule has 0 bridgehead atoms. The molecule has 0 fully saturated rings. The molecule has 112 valence electrons. The molecule has 0 aliphatic rings. The summed E-state index contributed by atoms with van der Waals surface area (Å²) in [6.45, 7) is 4.17. The van der Waals surface area contributed by atoms with Gasteiger partial charge < -0.3 is 5.32 Å². The second kappa shape index (κ2) is 8.57. The van der Waals surface area contributed by atoms with E-state index in [4.69, 9.17) is 11.6 Å². The predicted octanol–water partition coefficient (Wildman–Crippen LogP) is 5.11. The third kappa shape index (κ3) is 5.46. The molecule has 1 unspecified atom stereocenters. The molecule has 0 aliphatic heterocycles. The summed E-state index contributed by atoms with van der Waals surface area (Å²) in [6, 6.07) is 16.7. The van der Waals surface area contributed by atoms with Crippen molar-refractivity contribution in [1.82, 2.24) is 5.32 Å². The lowest BCUT2D eigenvalue weighted by Crippen LogP contribution is -2.25. The molecule has 0 aliphatic carbocycles. The molecule has 0 saturated carbocycles. The summed E-state index contributed by atoms with van der Waals surface area (Å²) in [5, 5.41) is 4.29. The van der Waals surface area contributed by atoms with E-state index in [2.05, 4.69) is 64.6 Å². The van der Waals surface area contributed by atoms with Crippen LogP contribution >= 0.6 is 27.5 Å². The summed E-state index contributed by atoms with van der Waals surface area (Å²) < 4.78 is 1.19. The van der Waals surface area contributed by atoms with Gasteiger partial charge in [0.2, 0.25) is 0 Å². The molecular weight excluding hydrogens is 346 g/mol. The van der Waals surface area contributed by atoms with Crippen molar-refractivity contribution in [1.29, 1.82) is 0 Å². The topological polar surface area (TPSA) is 12.0 Å². The molecule has 3 heteroatoms. The third-order valence-electron chi connectivity index (χ3n) is 3.56. The van der Waals surface area contributed by atoms with Crippen LogP contribution < -0.4 is 5.32 Å². The van der Waals surface area contributed by atoms with Crippen molar-refractivity contribution in [2.75, 3.05) is 13.1 Å². The molecule has 21 heavy (non-hydrogen) atoms. The summed E-state index contributed by atoms with van der Waals surface area (Å²) in [4.78, 5) is 0. The third-order valence-corrected chi connectivity index (χ3v) is 4.57. The van der Waals surface area contributed by atoms with Crippen molar-refractivity contribution in [3.05, 3.63) is 69.2 Å². The van der Waals surface area contributed by atoms with Crippen LogP contribution in [0.2, 0.25) is 5.02 Å². The zero-order chi connectivity index (χ0) is 15.1. The van der Waals surface area contributed by atoms with Crippen molar-refractivity contribution in [3.63, 3.8) is 0 Å². The first-order valence-electron chi connectivity index (χ1n) is 7.37. The minimum atomic E-state index is 0.558. The zero-order valence-electron chi connectivity index (χ0n) is 12.3. The largest absolute Gasteiger partial charge is 0.317 e. The molecule has 0 aromatic heterocycles. The number of hydrogen-bond acceptors (Lipinski definition) is 1. The normalized spacial score (nSPS) is 12.3. The Morgan fingerprint density at radius 1 is 1.10 bits per heavy atom. The zero-order valence-corrected chi connectivity index (χ0v) is 14.6. The van der Waals surface area contributed by atoms with E-state index in [9.17, 15) is 0 Å². The van der Waals surface area contributed by atoms with Crippen LogP contribution in [-0.2, 0) is 12.8 Å². The first kappa shape index (κ1) is 16.5. The van der Waals surface area contributed by atoms with Crippen LogP contribution in [0.15, 0.2) is 53.0 Å². The van der Waals surface area contributed by atoms with Crippen LogP contribution in [0.4, 0.5) is 0 Å². The quantitative estimate of drug-likeness (QED) is 0.717. The van der Waals surface area contributed by atoms with E-state index in [0.29, 0.717) is 5.92 Å². The molecule has 1 atom stereocenters. The Labute approximate surface area is 140 Å². The molecule has 1 nitrogen and oxygen atoms in total. The van der Waals surface area contributed by atoms with Gasteiger partial charge in [-0.25, -0.2) is 0 Å². The average molecular weight is 367 g/mol. The molecule has 0 radical (unpaired) electrons. The summed E-state index contributed by atoms with van der Waals surface area (Å²) in [6.07, 6.45) is 2.09. The van der Waals surface area contributed by atoms with Crippen molar-refractivity contribution < 1.29 is 0 Å². The van der Waals surface area contributed by atoms with Crippen molar-refractivity contribution in [3.8, 4) is 0 Å². The Balaban J connectivity index is 2.09. The SMILES string of the molecule is CCNCC(Cc1cccc(Cl)c1)Cc1ccccc1Br. The maximum Gasteiger partial charge on any atom is 0.0408 e. The maximum atomic E-state index is 6.09. The fourth-order valence-electron chi connectivity index (χ4n) is 2.54. The van der Waals surface area contributed by atoms with Crippen molar-refractivity contribution in [2.45, 2.75) is 19.8 Å². The highest BCUT2D eigenvalue weighted by Gasteiger charge is 2.12. The van der Waals surface area contributed by atoms with E-state index >= 15 is 0 Å². The molecule has 2 rings (SSSR count). The van der Waals surface area contributed by atoms with Gasteiger partial charge in [-0.3, -0.25) is 0 Å². The minimum Gasteiger partial charge on any atom is -0.317 e. The highest BCUT2D eigenvalue weighted by atomic mass is 79.9. The molecule has 2 aromatic carbocycles. The van der Waals surface area contributed by atoms with Gasteiger partial charge in [-0.15, -0.1) is 0 Å². The van der Waals surface area contributed by atoms with Gasteiger partial charge in [0.25, 0.3) is 0 Å². The number of rotatable bonds is 7. The Morgan fingerprint density at radius 2 is 1.90 bits per heavy atom. The fourth-order valence-corrected chi connectivity index (χ4v) is 3.20. The van der Waals surface area contributed by atoms with E-state index in [0.717, 1.165) is 31.0 Å². The first-order chi connectivity index (χ1) is 10.2. The van der Waals surface area contributed by atoms with Crippen LogP contribution in [0.3, 0.4) is 0 Å². The Bertz CT molecular complexity index is 571. The van der Waals surface area contributed by atoms with Crippen LogP contribution in [0.5, 0.6) is 0 Å². The Morgan fingerprint density at radius 3 is 2.62 bits per heavy atom. The maximum absolute atomic E-state index is 6.09. The van der Waals surface area contributed by atoms with Gasteiger partial charge in [0, 0.05) is 9.50 Å². The predicted molar refractivity (Wildman–Crippen MR) is 95.0 cm³/mol. The minimum absolute atomic E-state index is 0.558.